The smallest absolute Gasteiger partial charge is 0.294 e. The average molecular weight is 446 g/mol. The number of nitrogens with one attached hydrogen (secondary N) is 1. The van der Waals surface area contributed by atoms with Crippen molar-refractivity contribution in [3.63, 3.8) is 0 Å². The van der Waals surface area contributed by atoms with Crippen molar-refractivity contribution in [1.82, 2.24) is 10.2 Å². The number of rotatable bonds is 9. The number of furan rings is 1. The Bertz CT molecular complexity index is 1030. The van der Waals surface area contributed by atoms with Gasteiger partial charge in [0.25, 0.3) is 5.91 Å². The van der Waals surface area contributed by atoms with Crippen molar-refractivity contribution in [2.75, 3.05) is 31.1 Å². The Labute approximate surface area is 195 Å². The summed E-state index contributed by atoms with van der Waals surface area (Å²) in [4.78, 5) is 29.8. The van der Waals surface area contributed by atoms with Gasteiger partial charge in [-0.3, -0.25) is 9.59 Å². The van der Waals surface area contributed by atoms with E-state index >= 15 is 0 Å². The Morgan fingerprint density at radius 1 is 0.909 bits per heavy atom. The Morgan fingerprint density at radius 2 is 1.70 bits per heavy atom. The van der Waals surface area contributed by atoms with Gasteiger partial charge in [-0.25, -0.2) is 0 Å². The quantitative estimate of drug-likeness (QED) is 0.534. The molecule has 1 aliphatic heterocycles. The fraction of sp³-hybridized carbons (Fsp3) is 0.333. The van der Waals surface area contributed by atoms with Crippen molar-refractivity contribution in [3.8, 4) is 0 Å². The maximum atomic E-state index is 13.2. The maximum Gasteiger partial charge on any atom is 0.294 e. The fourth-order valence-electron chi connectivity index (χ4n) is 4.20. The van der Waals surface area contributed by atoms with Gasteiger partial charge in [-0.15, -0.1) is 0 Å². The SMILES string of the molecule is O=C(Cc1cccc(N(Cc2ccccc2)C(=O)c2ccco2)c1)NCCN1CCCCC1. The first-order chi connectivity index (χ1) is 16.2. The molecule has 0 saturated carbocycles. The number of likely N-dealkylation sites (tertiary alicyclic amines) is 1. The molecular formula is C27H31N3O3. The van der Waals surface area contributed by atoms with Crippen LogP contribution in [0.2, 0.25) is 0 Å². The monoisotopic (exact) mass is 445 g/mol. The molecule has 6 heteroatoms. The standard InChI is InChI=1S/C27H31N3O3/c31-26(28-14-17-29-15-5-2-6-16-29)20-23-11-7-12-24(19-23)30(21-22-9-3-1-4-10-22)27(32)25-13-8-18-33-25/h1,3-4,7-13,18-19H,2,5-6,14-17,20-21H2,(H,28,31). The molecule has 1 fully saturated rings. The summed E-state index contributed by atoms with van der Waals surface area (Å²) in [5.74, 6) is 0.0647. The minimum atomic E-state index is -0.216. The molecule has 1 aliphatic rings. The van der Waals surface area contributed by atoms with E-state index in [-0.39, 0.29) is 24.0 Å². The molecule has 0 radical (unpaired) electrons. The van der Waals surface area contributed by atoms with Crippen LogP contribution >= 0.6 is 0 Å². The van der Waals surface area contributed by atoms with E-state index in [1.54, 1.807) is 17.0 Å². The van der Waals surface area contributed by atoms with Crippen molar-refractivity contribution in [2.24, 2.45) is 0 Å². The van der Waals surface area contributed by atoms with Crippen LogP contribution in [0.3, 0.4) is 0 Å². The number of piperidine rings is 1. The van der Waals surface area contributed by atoms with E-state index < -0.39 is 0 Å². The van der Waals surface area contributed by atoms with Crippen molar-refractivity contribution < 1.29 is 14.0 Å². The summed E-state index contributed by atoms with van der Waals surface area (Å²) in [7, 11) is 0. The van der Waals surface area contributed by atoms with Crippen LogP contribution in [0.25, 0.3) is 0 Å². The molecule has 1 saturated heterocycles. The molecule has 0 atom stereocenters. The Hall–Kier alpha value is -3.38. The largest absolute Gasteiger partial charge is 0.459 e. The second kappa shape index (κ2) is 11.5. The van der Waals surface area contributed by atoms with Gasteiger partial charge in [-0.2, -0.15) is 0 Å². The molecule has 0 spiro atoms. The van der Waals surface area contributed by atoms with Crippen LogP contribution in [-0.2, 0) is 17.8 Å². The van der Waals surface area contributed by atoms with Gasteiger partial charge < -0.3 is 19.5 Å². The van der Waals surface area contributed by atoms with E-state index in [0.717, 1.165) is 36.4 Å². The highest BCUT2D eigenvalue weighted by molar-refractivity contribution is 6.04. The zero-order valence-electron chi connectivity index (χ0n) is 18.9. The number of amides is 2. The maximum absolute atomic E-state index is 13.2. The molecule has 4 rings (SSSR count). The van der Waals surface area contributed by atoms with Crippen molar-refractivity contribution in [3.05, 3.63) is 89.9 Å². The van der Waals surface area contributed by atoms with Crippen LogP contribution in [0.4, 0.5) is 5.69 Å². The predicted molar refractivity (Wildman–Crippen MR) is 129 cm³/mol. The molecule has 0 aliphatic carbocycles. The Morgan fingerprint density at radius 3 is 2.45 bits per heavy atom. The van der Waals surface area contributed by atoms with E-state index in [0.29, 0.717) is 13.1 Å². The first-order valence-electron chi connectivity index (χ1n) is 11.7. The predicted octanol–water partition coefficient (Wildman–Crippen LogP) is 4.27. The lowest BCUT2D eigenvalue weighted by Crippen LogP contribution is -2.38. The van der Waals surface area contributed by atoms with Gasteiger partial charge in [0.15, 0.2) is 5.76 Å². The van der Waals surface area contributed by atoms with Gasteiger partial charge in [0.2, 0.25) is 5.91 Å². The highest BCUT2D eigenvalue weighted by Gasteiger charge is 2.21. The van der Waals surface area contributed by atoms with Gasteiger partial charge in [0.05, 0.1) is 19.2 Å². The number of hydrogen-bond donors (Lipinski definition) is 1. The third-order valence-corrected chi connectivity index (χ3v) is 5.95. The lowest BCUT2D eigenvalue weighted by atomic mass is 10.1. The minimum Gasteiger partial charge on any atom is -0.459 e. The summed E-state index contributed by atoms with van der Waals surface area (Å²) >= 11 is 0. The summed E-state index contributed by atoms with van der Waals surface area (Å²) in [6.45, 7) is 4.22. The highest BCUT2D eigenvalue weighted by Crippen LogP contribution is 2.22. The van der Waals surface area contributed by atoms with E-state index in [1.807, 2.05) is 54.6 Å². The minimum absolute atomic E-state index is 0.00358. The van der Waals surface area contributed by atoms with E-state index in [9.17, 15) is 9.59 Å². The Kier molecular flexibility index (Phi) is 7.93. The Balaban J connectivity index is 1.42. The molecule has 2 amide bonds. The summed E-state index contributed by atoms with van der Waals surface area (Å²) in [6, 6.07) is 20.8. The summed E-state index contributed by atoms with van der Waals surface area (Å²) in [5, 5.41) is 3.04. The van der Waals surface area contributed by atoms with Gasteiger partial charge in [-0.05, 0) is 61.3 Å². The fourth-order valence-corrected chi connectivity index (χ4v) is 4.20. The van der Waals surface area contributed by atoms with Crippen LogP contribution in [0.15, 0.2) is 77.4 Å². The first-order valence-corrected chi connectivity index (χ1v) is 11.7. The van der Waals surface area contributed by atoms with Crippen LogP contribution < -0.4 is 10.2 Å². The van der Waals surface area contributed by atoms with Crippen LogP contribution in [-0.4, -0.2) is 42.9 Å². The van der Waals surface area contributed by atoms with Gasteiger partial charge in [0, 0.05) is 18.8 Å². The second-order valence-corrected chi connectivity index (χ2v) is 8.45. The molecular weight excluding hydrogens is 414 g/mol. The van der Waals surface area contributed by atoms with E-state index in [2.05, 4.69) is 10.2 Å². The van der Waals surface area contributed by atoms with Crippen LogP contribution in [0.1, 0.15) is 40.9 Å². The van der Waals surface area contributed by atoms with Crippen molar-refractivity contribution in [2.45, 2.75) is 32.2 Å². The van der Waals surface area contributed by atoms with Gasteiger partial charge in [0.1, 0.15) is 0 Å². The zero-order valence-corrected chi connectivity index (χ0v) is 18.9. The zero-order chi connectivity index (χ0) is 22.9. The molecule has 6 nitrogen and oxygen atoms in total. The molecule has 33 heavy (non-hydrogen) atoms. The highest BCUT2D eigenvalue weighted by atomic mass is 16.3. The van der Waals surface area contributed by atoms with Gasteiger partial charge >= 0.3 is 0 Å². The molecule has 3 aromatic rings. The van der Waals surface area contributed by atoms with E-state index in [1.165, 1.54) is 25.5 Å². The van der Waals surface area contributed by atoms with Crippen molar-refractivity contribution >= 4 is 17.5 Å². The van der Waals surface area contributed by atoms with Crippen LogP contribution in [0, 0.1) is 0 Å². The number of carbonyl (C=O) groups excluding carboxylic acids is 2. The third kappa shape index (κ3) is 6.56. The second-order valence-electron chi connectivity index (χ2n) is 8.45. The molecule has 172 valence electrons. The van der Waals surface area contributed by atoms with E-state index in [4.69, 9.17) is 4.42 Å². The molecule has 1 N–H and O–H groups in total. The number of anilines is 1. The number of hydrogen-bond acceptors (Lipinski definition) is 4. The molecule has 2 heterocycles. The molecule has 1 aromatic heterocycles. The average Bonchev–Trinajstić information content (AvgIpc) is 3.39. The normalized spacial score (nSPS) is 14.1. The van der Waals surface area contributed by atoms with Crippen LogP contribution in [0.5, 0.6) is 0 Å². The lowest BCUT2D eigenvalue weighted by Gasteiger charge is -2.26. The summed E-state index contributed by atoms with van der Waals surface area (Å²) < 4.78 is 5.37. The third-order valence-electron chi connectivity index (χ3n) is 5.95. The van der Waals surface area contributed by atoms with Crippen molar-refractivity contribution in [1.29, 1.82) is 0 Å². The lowest BCUT2D eigenvalue weighted by molar-refractivity contribution is -0.120. The summed E-state index contributed by atoms with van der Waals surface area (Å²) in [5.41, 5.74) is 2.62. The summed E-state index contributed by atoms with van der Waals surface area (Å²) in [6.07, 6.45) is 5.58. The number of carbonyl (C=O) groups is 2. The van der Waals surface area contributed by atoms with Gasteiger partial charge in [-0.1, -0.05) is 48.9 Å². The molecule has 0 bridgehead atoms. The molecule has 2 aromatic carbocycles. The first kappa shape index (κ1) is 22.8. The number of benzene rings is 2. The number of nitrogens with zero attached hydrogens (tertiary/aromatic N) is 2. The molecule has 0 unspecified atom stereocenters. The topological polar surface area (TPSA) is 65.8 Å².